The Morgan fingerprint density at radius 2 is 1.46 bits per heavy atom. The summed E-state index contributed by atoms with van der Waals surface area (Å²) in [4.78, 5) is 18.2. The average molecular weight is 544 g/mol. The molecule has 0 bridgehead atoms. The lowest BCUT2D eigenvalue weighted by molar-refractivity contribution is 0.282. The lowest BCUT2D eigenvalue weighted by Gasteiger charge is -2.16. The normalized spacial score (nSPS) is 11.2. The highest BCUT2D eigenvalue weighted by Crippen LogP contribution is 2.38. The van der Waals surface area contributed by atoms with Gasteiger partial charge >= 0.3 is 0 Å². The summed E-state index contributed by atoms with van der Waals surface area (Å²) >= 11 is 0. The second-order valence-corrected chi connectivity index (χ2v) is 9.57. The first-order valence-corrected chi connectivity index (χ1v) is 13.6. The van der Waals surface area contributed by atoms with E-state index in [1.807, 2.05) is 105 Å². The first-order valence-electron chi connectivity index (χ1n) is 13.6. The maximum absolute atomic E-state index is 13.7. The van der Waals surface area contributed by atoms with Gasteiger partial charge in [0, 0.05) is 17.1 Å². The van der Waals surface area contributed by atoms with E-state index in [2.05, 4.69) is 4.98 Å². The van der Waals surface area contributed by atoms with Crippen LogP contribution in [0.4, 0.5) is 0 Å². The van der Waals surface area contributed by atoms with Crippen LogP contribution >= 0.6 is 0 Å². The second-order valence-electron chi connectivity index (χ2n) is 9.57. The van der Waals surface area contributed by atoms with E-state index in [4.69, 9.17) is 14.6 Å². The molecule has 7 nitrogen and oxygen atoms in total. The summed E-state index contributed by atoms with van der Waals surface area (Å²) in [5.41, 5.74) is 3.81. The molecule has 6 rings (SSSR count). The van der Waals surface area contributed by atoms with Crippen molar-refractivity contribution in [1.29, 1.82) is 0 Å². The van der Waals surface area contributed by atoms with E-state index in [9.17, 15) is 9.90 Å². The van der Waals surface area contributed by atoms with Crippen LogP contribution in [0.15, 0.2) is 102 Å². The van der Waals surface area contributed by atoms with E-state index in [-0.39, 0.29) is 12.2 Å². The third-order valence-corrected chi connectivity index (χ3v) is 6.98. The molecule has 204 valence electrons. The molecule has 1 N–H and O–H groups in total. The van der Waals surface area contributed by atoms with Gasteiger partial charge in [-0.05, 0) is 83.8 Å². The first kappa shape index (κ1) is 26.2. The van der Waals surface area contributed by atoms with Crippen LogP contribution in [-0.4, -0.2) is 33.1 Å². The van der Waals surface area contributed by atoms with Gasteiger partial charge in [0.25, 0.3) is 5.56 Å². The Morgan fingerprint density at radius 3 is 2.20 bits per heavy atom. The summed E-state index contributed by atoms with van der Waals surface area (Å²) in [6, 6.07) is 28.8. The number of hydrogen-bond donors (Lipinski definition) is 1. The maximum Gasteiger partial charge on any atom is 0.280 e. The fraction of sp³-hybridized carbons (Fsp3) is 0.147. The van der Waals surface area contributed by atoms with Gasteiger partial charge in [0.2, 0.25) is 0 Å². The molecule has 7 heteroatoms. The molecule has 0 amide bonds. The molecule has 0 radical (unpaired) electrons. The molecule has 2 heterocycles. The minimum atomic E-state index is -0.251. The average Bonchev–Trinajstić information content (AvgIpc) is 3.02. The summed E-state index contributed by atoms with van der Waals surface area (Å²) in [6.07, 6.45) is 1.67. The van der Waals surface area contributed by atoms with Crippen molar-refractivity contribution in [2.45, 2.75) is 20.5 Å². The van der Waals surface area contributed by atoms with E-state index in [0.29, 0.717) is 41.6 Å². The molecule has 0 fully saturated rings. The van der Waals surface area contributed by atoms with Gasteiger partial charge in [0.1, 0.15) is 0 Å². The number of ether oxygens (including phenoxy) is 2. The third-order valence-electron chi connectivity index (χ3n) is 6.98. The largest absolute Gasteiger partial charge is 0.490 e. The van der Waals surface area contributed by atoms with Crippen LogP contribution in [0.1, 0.15) is 19.4 Å². The number of hydrogen-bond acceptors (Lipinski definition) is 6. The predicted molar refractivity (Wildman–Crippen MR) is 162 cm³/mol. The smallest absolute Gasteiger partial charge is 0.280 e. The van der Waals surface area contributed by atoms with Crippen LogP contribution < -0.4 is 15.0 Å². The quantitative estimate of drug-likeness (QED) is 0.234. The lowest BCUT2D eigenvalue weighted by atomic mass is 9.95. The molecule has 0 saturated heterocycles. The molecule has 4 aromatic carbocycles. The number of pyridine rings is 1. The van der Waals surface area contributed by atoms with Crippen molar-refractivity contribution in [2.24, 2.45) is 0 Å². The second kappa shape index (κ2) is 11.2. The Hall–Kier alpha value is -5.01. The predicted octanol–water partition coefficient (Wildman–Crippen LogP) is 6.56. The van der Waals surface area contributed by atoms with Gasteiger partial charge in [-0.3, -0.25) is 4.79 Å². The zero-order chi connectivity index (χ0) is 28.3. The molecule has 0 aliphatic rings. The molecule has 0 spiro atoms. The first-order chi connectivity index (χ1) is 20.1. The Labute approximate surface area is 237 Å². The van der Waals surface area contributed by atoms with Gasteiger partial charge in [-0.2, -0.15) is 9.78 Å². The van der Waals surface area contributed by atoms with Crippen molar-refractivity contribution < 1.29 is 14.6 Å². The van der Waals surface area contributed by atoms with Crippen LogP contribution in [-0.2, 0) is 6.61 Å². The third kappa shape index (κ3) is 4.92. The summed E-state index contributed by atoms with van der Waals surface area (Å²) in [7, 11) is 0. The Bertz CT molecular complexity index is 1930. The summed E-state index contributed by atoms with van der Waals surface area (Å²) in [6.45, 7) is 4.74. The topological polar surface area (TPSA) is 86.5 Å². The van der Waals surface area contributed by atoms with Gasteiger partial charge in [-0.15, -0.1) is 0 Å². The minimum absolute atomic E-state index is 0.121. The highest BCUT2D eigenvalue weighted by atomic mass is 16.5. The molecule has 0 unspecified atom stereocenters. The summed E-state index contributed by atoms with van der Waals surface area (Å²) < 4.78 is 13.1. The number of aromatic nitrogens is 3. The molecule has 6 aromatic rings. The van der Waals surface area contributed by atoms with E-state index in [0.717, 1.165) is 38.4 Å². The van der Waals surface area contributed by atoms with E-state index in [1.165, 1.54) is 4.68 Å². The van der Waals surface area contributed by atoms with Crippen molar-refractivity contribution in [3.8, 4) is 39.7 Å². The highest BCUT2D eigenvalue weighted by Gasteiger charge is 2.17. The molecular weight excluding hydrogens is 514 g/mol. The number of rotatable bonds is 8. The number of nitrogens with zero attached hydrogens (tertiary/aromatic N) is 3. The van der Waals surface area contributed by atoms with Gasteiger partial charge in [0.05, 0.1) is 30.9 Å². The van der Waals surface area contributed by atoms with Gasteiger partial charge in [-0.1, -0.05) is 48.5 Å². The maximum atomic E-state index is 13.7. The van der Waals surface area contributed by atoms with Crippen LogP contribution in [0.25, 0.3) is 49.7 Å². The Kier molecular flexibility index (Phi) is 7.18. The van der Waals surface area contributed by atoms with Crippen molar-refractivity contribution in [1.82, 2.24) is 14.8 Å². The van der Waals surface area contributed by atoms with Crippen LogP contribution in [0.3, 0.4) is 0 Å². The molecule has 0 saturated carbocycles. The van der Waals surface area contributed by atoms with E-state index in [1.54, 1.807) is 6.20 Å². The lowest BCUT2D eigenvalue weighted by Crippen LogP contribution is -2.23. The van der Waals surface area contributed by atoms with Gasteiger partial charge in [-0.25, -0.2) is 4.98 Å². The van der Waals surface area contributed by atoms with E-state index >= 15 is 0 Å². The Morgan fingerprint density at radius 1 is 0.756 bits per heavy atom. The SMILES string of the molecule is CCOc1cc2cc(CO)cc(-c3ccnc(-n4nc(-c5ccccc5)c5ccccc5c4=O)c3)c2cc1OCC. The molecular formula is C34H29N3O4. The molecule has 0 atom stereocenters. The standard InChI is InChI=1S/C34H29N3O4/c1-3-40-30-18-25-16-22(21-38)17-28(29(25)20-31(30)41-4-2)24-14-15-35-32(19-24)37-34(39)27-13-9-8-12-26(27)33(36-37)23-10-6-5-7-11-23/h5-20,38H,3-4,21H2,1-2H3. The zero-order valence-corrected chi connectivity index (χ0v) is 22.9. The van der Waals surface area contributed by atoms with Crippen LogP contribution in [0.5, 0.6) is 11.5 Å². The van der Waals surface area contributed by atoms with Gasteiger partial charge in [0.15, 0.2) is 17.3 Å². The van der Waals surface area contributed by atoms with Crippen molar-refractivity contribution in [2.75, 3.05) is 13.2 Å². The fourth-order valence-electron chi connectivity index (χ4n) is 5.16. The molecule has 41 heavy (non-hydrogen) atoms. The number of aliphatic hydroxyl groups is 1. The number of fused-ring (bicyclic) bond motifs is 2. The molecule has 2 aromatic heterocycles. The molecule has 0 aliphatic heterocycles. The minimum Gasteiger partial charge on any atom is -0.490 e. The van der Waals surface area contributed by atoms with Gasteiger partial charge < -0.3 is 14.6 Å². The van der Waals surface area contributed by atoms with E-state index < -0.39 is 0 Å². The summed E-state index contributed by atoms with van der Waals surface area (Å²) in [5.74, 6) is 1.70. The zero-order valence-electron chi connectivity index (χ0n) is 22.9. The molecule has 0 aliphatic carbocycles. The number of benzene rings is 4. The fourth-order valence-corrected chi connectivity index (χ4v) is 5.16. The van der Waals surface area contributed by atoms with Crippen molar-refractivity contribution in [3.63, 3.8) is 0 Å². The summed E-state index contributed by atoms with van der Waals surface area (Å²) in [5, 5.41) is 18.0. The van der Waals surface area contributed by atoms with Crippen LogP contribution in [0, 0.1) is 0 Å². The highest BCUT2D eigenvalue weighted by molar-refractivity contribution is 5.99. The Balaban J connectivity index is 1.57. The van der Waals surface area contributed by atoms with Crippen molar-refractivity contribution >= 4 is 21.5 Å². The number of aliphatic hydroxyl groups excluding tert-OH is 1. The van der Waals surface area contributed by atoms with Crippen molar-refractivity contribution in [3.05, 3.63) is 113 Å². The van der Waals surface area contributed by atoms with Crippen LogP contribution in [0.2, 0.25) is 0 Å². The monoisotopic (exact) mass is 543 g/mol.